The maximum Gasteiger partial charge on any atom is 0.267 e. The van der Waals surface area contributed by atoms with Crippen LogP contribution in [-0.4, -0.2) is 21.5 Å². The molecule has 0 saturated heterocycles. The van der Waals surface area contributed by atoms with E-state index in [-0.39, 0.29) is 5.91 Å². The van der Waals surface area contributed by atoms with Crippen molar-refractivity contribution in [2.24, 2.45) is 0 Å². The molecule has 0 fully saturated rings. The van der Waals surface area contributed by atoms with Crippen LogP contribution in [-0.2, 0) is 4.79 Å². The summed E-state index contributed by atoms with van der Waals surface area (Å²) in [6.07, 6.45) is 0. The van der Waals surface area contributed by atoms with Gasteiger partial charge in [0.15, 0.2) is 5.60 Å². The highest BCUT2D eigenvalue weighted by Gasteiger charge is 2.30. The van der Waals surface area contributed by atoms with Crippen LogP contribution in [0, 0.1) is 6.92 Å². The molecular formula is C24H23N3O2. The SMILES string of the molecule is Cc1cc(-c2nc3ccccc3[nH]2)ccc1NC(=O)C(C)(C)Oc1ccccc1. The predicted octanol–water partition coefficient (Wildman–Crippen LogP) is 5.33. The molecule has 5 nitrogen and oxygen atoms in total. The molecule has 146 valence electrons. The molecule has 4 rings (SSSR count). The van der Waals surface area contributed by atoms with E-state index < -0.39 is 5.60 Å². The third-order valence-corrected chi connectivity index (χ3v) is 4.80. The highest BCUT2D eigenvalue weighted by molar-refractivity contribution is 5.97. The minimum absolute atomic E-state index is 0.207. The zero-order chi connectivity index (χ0) is 20.4. The lowest BCUT2D eigenvalue weighted by atomic mass is 10.1. The van der Waals surface area contributed by atoms with Gasteiger partial charge in [0.1, 0.15) is 11.6 Å². The van der Waals surface area contributed by atoms with E-state index in [1.807, 2.05) is 79.7 Å². The molecule has 0 saturated carbocycles. The summed E-state index contributed by atoms with van der Waals surface area (Å²) in [6, 6.07) is 23.1. The van der Waals surface area contributed by atoms with Crippen molar-refractivity contribution in [1.29, 1.82) is 0 Å². The maximum atomic E-state index is 12.8. The van der Waals surface area contributed by atoms with Crippen LogP contribution in [0.15, 0.2) is 72.8 Å². The third kappa shape index (κ3) is 3.99. The van der Waals surface area contributed by atoms with Gasteiger partial charge in [0.05, 0.1) is 11.0 Å². The Bertz CT molecular complexity index is 1130. The van der Waals surface area contributed by atoms with E-state index in [2.05, 4.69) is 15.3 Å². The van der Waals surface area contributed by atoms with Gasteiger partial charge in [-0.3, -0.25) is 4.79 Å². The molecule has 5 heteroatoms. The topological polar surface area (TPSA) is 67.0 Å². The lowest BCUT2D eigenvalue weighted by Gasteiger charge is -2.25. The Morgan fingerprint density at radius 3 is 2.45 bits per heavy atom. The first-order valence-corrected chi connectivity index (χ1v) is 9.54. The molecule has 29 heavy (non-hydrogen) atoms. The number of aromatic amines is 1. The number of nitrogens with one attached hydrogen (secondary N) is 2. The van der Waals surface area contributed by atoms with Gasteiger partial charge in [-0.1, -0.05) is 30.3 Å². The third-order valence-electron chi connectivity index (χ3n) is 4.80. The van der Waals surface area contributed by atoms with E-state index in [0.717, 1.165) is 33.7 Å². The molecule has 0 radical (unpaired) electrons. The number of imidazole rings is 1. The quantitative estimate of drug-likeness (QED) is 0.488. The zero-order valence-corrected chi connectivity index (χ0v) is 16.7. The number of aryl methyl sites for hydroxylation is 1. The van der Waals surface area contributed by atoms with Crippen LogP contribution >= 0.6 is 0 Å². The average molecular weight is 385 g/mol. The summed E-state index contributed by atoms with van der Waals surface area (Å²) in [5.41, 5.74) is 3.59. The van der Waals surface area contributed by atoms with Crippen LogP contribution in [0.25, 0.3) is 22.4 Å². The first-order valence-electron chi connectivity index (χ1n) is 9.54. The number of rotatable bonds is 5. The number of H-pyrrole nitrogens is 1. The second kappa shape index (κ2) is 7.43. The number of carbonyl (C=O) groups is 1. The smallest absolute Gasteiger partial charge is 0.267 e. The monoisotopic (exact) mass is 385 g/mol. The van der Waals surface area contributed by atoms with Gasteiger partial charge in [-0.15, -0.1) is 0 Å². The highest BCUT2D eigenvalue weighted by Crippen LogP contribution is 2.26. The summed E-state index contributed by atoms with van der Waals surface area (Å²) in [5, 5.41) is 2.98. The Morgan fingerprint density at radius 2 is 1.72 bits per heavy atom. The number of amides is 1. The molecule has 0 aliphatic heterocycles. The van der Waals surface area contributed by atoms with Gasteiger partial charge >= 0.3 is 0 Å². The first-order chi connectivity index (χ1) is 13.9. The summed E-state index contributed by atoms with van der Waals surface area (Å²) in [6.45, 7) is 5.48. The van der Waals surface area contributed by atoms with Crippen molar-refractivity contribution in [2.45, 2.75) is 26.4 Å². The van der Waals surface area contributed by atoms with E-state index in [1.165, 1.54) is 0 Å². The Labute approximate surface area is 169 Å². The summed E-state index contributed by atoms with van der Waals surface area (Å²) in [7, 11) is 0. The normalized spacial score (nSPS) is 11.4. The lowest BCUT2D eigenvalue weighted by Crippen LogP contribution is -2.42. The van der Waals surface area contributed by atoms with E-state index in [1.54, 1.807) is 13.8 Å². The number of nitrogens with zero attached hydrogens (tertiary/aromatic N) is 1. The fourth-order valence-corrected chi connectivity index (χ4v) is 3.14. The number of carbonyl (C=O) groups excluding carboxylic acids is 1. The van der Waals surface area contributed by atoms with Crippen LogP contribution < -0.4 is 10.1 Å². The second-order valence-electron chi connectivity index (χ2n) is 7.51. The number of ether oxygens (including phenoxy) is 1. The first kappa shape index (κ1) is 18.7. The molecule has 0 spiro atoms. The number of fused-ring (bicyclic) bond motifs is 1. The molecule has 1 amide bonds. The van der Waals surface area contributed by atoms with Gasteiger partial charge in [0.2, 0.25) is 0 Å². The van der Waals surface area contributed by atoms with Crippen molar-refractivity contribution in [3.8, 4) is 17.1 Å². The molecule has 1 heterocycles. The van der Waals surface area contributed by atoms with Crippen molar-refractivity contribution in [1.82, 2.24) is 9.97 Å². The fraction of sp³-hybridized carbons (Fsp3) is 0.167. The molecule has 0 unspecified atom stereocenters. The molecule has 0 bridgehead atoms. The maximum absolute atomic E-state index is 12.8. The molecule has 3 aromatic carbocycles. The van der Waals surface area contributed by atoms with Crippen molar-refractivity contribution in [3.63, 3.8) is 0 Å². The highest BCUT2D eigenvalue weighted by atomic mass is 16.5. The minimum Gasteiger partial charge on any atom is -0.478 e. The Balaban J connectivity index is 1.52. The summed E-state index contributed by atoms with van der Waals surface area (Å²) >= 11 is 0. The van der Waals surface area contributed by atoms with Gasteiger partial charge in [0, 0.05) is 11.3 Å². The van der Waals surface area contributed by atoms with Crippen LogP contribution in [0.1, 0.15) is 19.4 Å². The second-order valence-corrected chi connectivity index (χ2v) is 7.51. The number of benzene rings is 3. The van der Waals surface area contributed by atoms with E-state index in [9.17, 15) is 4.79 Å². The predicted molar refractivity (Wildman–Crippen MR) is 116 cm³/mol. The van der Waals surface area contributed by atoms with E-state index in [4.69, 9.17) is 4.74 Å². The Kier molecular flexibility index (Phi) is 4.80. The van der Waals surface area contributed by atoms with Crippen molar-refractivity contribution < 1.29 is 9.53 Å². The standard InChI is InChI=1S/C24H23N3O2/c1-16-15-17(22-25-20-11-7-8-12-21(20)26-22)13-14-19(16)27-23(28)24(2,3)29-18-9-5-4-6-10-18/h4-15H,1-3H3,(H,25,26)(H,27,28). The van der Waals surface area contributed by atoms with Gasteiger partial charge in [-0.05, 0) is 68.8 Å². The molecule has 4 aromatic rings. The number of anilines is 1. The fourth-order valence-electron chi connectivity index (χ4n) is 3.14. The van der Waals surface area contributed by atoms with Crippen LogP contribution in [0.4, 0.5) is 5.69 Å². The van der Waals surface area contributed by atoms with Gasteiger partial charge in [-0.25, -0.2) is 4.98 Å². The number of aromatic nitrogens is 2. The molecule has 0 aliphatic rings. The number of hydrogen-bond donors (Lipinski definition) is 2. The Hall–Kier alpha value is -3.60. The number of hydrogen-bond acceptors (Lipinski definition) is 3. The summed E-state index contributed by atoms with van der Waals surface area (Å²) in [5.74, 6) is 1.26. The van der Waals surface area contributed by atoms with Crippen molar-refractivity contribution >= 4 is 22.6 Å². The van der Waals surface area contributed by atoms with Gasteiger partial charge in [0.25, 0.3) is 5.91 Å². The van der Waals surface area contributed by atoms with Gasteiger partial charge < -0.3 is 15.0 Å². The summed E-state index contributed by atoms with van der Waals surface area (Å²) < 4.78 is 5.88. The van der Waals surface area contributed by atoms with E-state index in [0.29, 0.717) is 5.75 Å². The van der Waals surface area contributed by atoms with Crippen LogP contribution in [0.5, 0.6) is 5.75 Å². The van der Waals surface area contributed by atoms with Crippen LogP contribution in [0.2, 0.25) is 0 Å². The van der Waals surface area contributed by atoms with E-state index >= 15 is 0 Å². The summed E-state index contributed by atoms with van der Waals surface area (Å²) in [4.78, 5) is 20.8. The molecule has 2 N–H and O–H groups in total. The van der Waals surface area contributed by atoms with Crippen LogP contribution in [0.3, 0.4) is 0 Å². The molecule has 0 aliphatic carbocycles. The zero-order valence-electron chi connectivity index (χ0n) is 16.7. The number of para-hydroxylation sites is 3. The van der Waals surface area contributed by atoms with Gasteiger partial charge in [-0.2, -0.15) is 0 Å². The molecule has 1 aromatic heterocycles. The average Bonchev–Trinajstić information content (AvgIpc) is 3.14. The minimum atomic E-state index is -1.01. The molecule has 0 atom stereocenters. The van der Waals surface area contributed by atoms with Crippen molar-refractivity contribution in [3.05, 3.63) is 78.4 Å². The van der Waals surface area contributed by atoms with Crippen molar-refractivity contribution in [2.75, 3.05) is 5.32 Å². The largest absolute Gasteiger partial charge is 0.478 e. The Morgan fingerprint density at radius 1 is 1.00 bits per heavy atom. The molecular weight excluding hydrogens is 362 g/mol. The lowest BCUT2D eigenvalue weighted by molar-refractivity contribution is -0.128.